The van der Waals surface area contributed by atoms with Crippen molar-refractivity contribution in [3.05, 3.63) is 93.3 Å². The van der Waals surface area contributed by atoms with Gasteiger partial charge in [0.15, 0.2) is 0 Å². The first-order valence-corrected chi connectivity index (χ1v) is 11.6. The number of H-pyrrole nitrogens is 1. The van der Waals surface area contributed by atoms with E-state index in [0.29, 0.717) is 5.92 Å². The average molecular weight is 443 g/mol. The molecule has 162 valence electrons. The molecular formula is C27H26N2O2S. The van der Waals surface area contributed by atoms with Crippen molar-refractivity contribution >= 4 is 45.4 Å². The van der Waals surface area contributed by atoms with Gasteiger partial charge in [-0.3, -0.25) is 5.10 Å². The number of hydrogen-bond donors (Lipinski definition) is 2. The van der Waals surface area contributed by atoms with Crippen LogP contribution in [0.5, 0.6) is 0 Å². The van der Waals surface area contributed by atoms with Crippen LogP contribution in [0.2, 0.25) is 0 Å². The number of aromatic amines is 1. The van der Waals surface area contributed by atoms with Gasteiger partial charge in [0.05, 0.1) is 11.7 Å². The fraction of sp³-hybridized carbons (Fsp3) is 0.185. The smallest absolute Gasteiger partial charge is 0.328 e. The first-order chi connectivity index (χ1) is 15.4. The molecule has 0 saturated carbocycles. The van der Waals surface area contributed by atoms with E-state index in [1.54, 1.807) is 17.4 Å². The number of aliphatic carboxylic acids is 1. The van der Waals surface area contributed by atoms with Crippen LogP contribution in [0.25, 0.3) is 28.1 Å². The predicted molar refractivity (Wildman–Crippen MR) is 134 cm³/mol. The number of hydrogen-bond acceptors (Lipinski definition) is 3. The number of benzene rings is 2. The van der Waals surface area contributed by atoms with Gasteiger partial charge in [-0.25, -0.2) is 4.79 Å². The summed E-state index contributed by atoms with van der Waals surface area (Å²) in [5, 5.41) is 21.7. The number of aromatic nitrogens is 2. The second-order valence-electron chi connectivity index (χ2n) is 8.39. The first kappa shape index (κ1) is 21.8. The molecule has 2 aromatic carbocycles. The highest BCUT2D eigenvalue weighted by atomic mass is 32.1. The molecule has 0 unspecified atom stereocenters. The van der Waals surface area contributed by atoms with E-state index in [9.17, 15) is 4.79 Å². The third kappa shape index (κ3) is 4.73. The molecule has 4 aromatic rings. The zero-order valence-corrected chi connectivity index (χ0v) is 19.2. The van der Waals surface area contributed by atoms with Crippen molar-refractivity contribution in [2.45, 2.75) is 27.2 Å². The number of thiophene rings is 1. The summed E-state index contributed by atoms with van der Waals surface area (Å²) in [5.41, 5.74) is 9.25. The molecule has 0 saturated heterocycles. The maximum Gasteiger partial charge on any atom is 0.328 e. The van der Waals surface area contributed by atoms with Crippen molar-refractivity contribution in [3.63, 3.8) is 0 Å². The molecule has 2 aromatic heterocycles. The van der Waals surface area contributed by atoms with Crippen LogP contribution in [0.15, 0.2) is 65.5 Å². The van der Waals surface area contributed by atoms with E-state index in [1.165, 1.54) is 22.3 Å². The maximum absolute atomic E-state index is 10.9. The quantitative estimate of drug-likeness (QED) is 0.302. The number of fused-ring (bicyclic) bond motifs is 1. The second kappa shape index (κ2) is 9.37. The molecule has 32 heavy (non-hydrogen) atoms. The van der Waals surface area contributed by atoms with E-state index in [1.807, 2.05) is 18.3 Å². The topological polar surface area (TPSA) is 66.0 Å². The average Bonchev–Trinajstić information content (AvgIpc) is 3.40. The van der Waals surface area contributed by atoms with Crippen molar-refractivity contribution in [3.8, 4) is 0 Å². The van der Waals surface area contributed by atoms with Crippen LogP contribution in [0.4, 0.5) is 0 Å². The largest absolute Gasteiger partial charge is 0.478 e. The van der Waals surface area contributed by atoms with Gasteiger partial charge in [0.25, 0.3) is 0 Å². The Morgan fingerprint density at radius 2 is 1.88 bits per heavy atom. The van der Waals surface area contributed by atoms with Crippen molar-refractivity contribution in [1.82, 2.24) is 10.2 Å². The minimum atomic E-state index is -0.949. The fourth-order valence-corrected chi connectivity index (χ4v) is 4.83. The summed E-state index contributed by atoms with van der Waals surface area (Å²) in [6, 6.07) is 14.5. The number of nitrogens with one attached hydrogen (secondary N) is 1. The number of carboxylic acid groups (broad SMARTS) is 1. The summed E-state index contributed by atoms with van der Waals surface area (Å²) in [5.74, 6) is -0.454. The van der Waals surface area contributed by atoms with Gasteiger partial charge in [-0.2, -0.15) is 16.4 Å². The van der Waals surface area contributed by atoms with E-state index in [-0.39, 0.29) is 0 Å². The fourth-order valence-electron chi connectivity index (χ4n) is 3.97. The Hall–Kier alpha value is -3.44. The number of nitrogens with zero attached hydrogens (tertiary/aromatic N) is 1. The molecule has 0 spiro atoms. The highest BCUT2D eigenvalue weighted by Gasteiger charge is 2.18. The summed E-state index contributed by atoms with van der Waals surface area (Å²) in [6.45, 7) is 6.67. The molecule has 4 nitrogen and oxygen atoms in total. The first-order valence-electron chi connectivity index (χ1n) is 10.6. The van der Waals surface area contributed by atoms with Crippen LogP contribution >= 0.6 is 11.3 Å². The molecule has 4 rings (SSSR count). The lowest BCUT2D eigenvalue weighted by Crippen LogP contribution is -1.99. The summed E-state index contributed by atoms with van der Waals surface area (Å²) >= 11 is 1.73. The van der Waals surface area contributed by atoms with Crippen molar-refractivity contribution in [2.75, 3.05) is 0 Å². The molecule has 5 heteroatoms. The third-order valence-corrected chi connectivity index (χ3v) is 6.30. The van der Waals surface area contributed by atoms with E-state index < -0.39 is 5.97 Å². The van der Waals surface area contributed by atoms with Gasteiger partial charge in [0.1, 0.15) is 0 Å². The van der Waals surface area contributed by atoms with Gasteiger partial charge in [-0.05, 0) is 87.2 Å². The second-order valence-corrected chi connectivity index (χ2v) is 9.13. The van der Waals surface area contributed by atoms with E-state index in [2.05, 4.69) is 72.1 Å². The molecule has 0 aliphatic carbocycles. The molecule has 0 bridgehead atoms. The zero-order valence-electron chi connectivity index (χ0n) is 18.4. The van der Waals surface area contributed by atoms with Crippen molar-refractivity contribution < 1.29 is 9.90 Å². The lowest BCUT2D eigenvalue weighted by molar-refractivity contribution is -0.131. The Kier molecular flexibility index (Phi) is 6.37. The van der Waals surface area contributed by atoms with E-state index in [4.69, 9.17) is 5.11 Å². The van der Waals surface area contributed by atoms with Gasteiger partial charge in [0, 0.05) is 11.5 Å². The molecule has 2 heterocycles. The molecule has 0 fully saturated rings. The van der Waals surface area contributed by atoms with Gasteiger partial charge in [-0.1, -0.05) is 44.2 Å². The third-order valence-electron chi connectivity index (χ3n) is 5.44. The summed E-state index contributed by atoms with van der Waals surface area (Å²) in [6.07, 6.45) is 5.59. The SMILES string of the molecule is Cc1cscc1C(CC(C)C)=C(c1ccc(C=CC(=O)O)cc1)c1ccc2[nH]ncc2c1. The van der Waals surface area contributed by atoms with Gasteiger partial charge < -0.3 is 5.11 Å². The van der Waals surface area contributed by atoms with E-state index in [0.717, 1.165) is 40.1 Å². The Labute approximate surface area is 191 Å². The maximum atomic E-state index is 10.9. The van der Waals surface area contributed by atoms with Crippen molar-refractivity contribution in [1.29, 1.82) is 0 Å². The summed E-state index contributed by atoms with van der Waals surface area (Å²) in [4.78, 5) is 10.9. The molecule has 0 atom stereocenters. The highest BCUT2D eigenvalue weighted by Crippen LogP contribution is 2.39. The zero-order chi connectivity index (χ0) is 22.7. The molecule has 0 aliphatic heterocycles. The molecule has 2 N–H and O–H groups in total. The van der Waals surface area contributed by atoms with Gasteiger partial charge in [0.2, 0.25) is 0 Å². The van der Waals surface area contributed by atoms with Gasteiger partial charge in [-0.15, -0.1) is 0 Å². The van der Waals surface area contributed by atoms with E-state index >= 15 is 0 Å². The molecule has 0 radical (unpaired) electrons. The van der Waals surface area contributed by atoms with Crippen LogP contribution in [0.1, 0.15) is 48.1 Å². The monoisotopic (exact) mass is 442 g/mol. The lowest BCUT2D eigenvalue weighted by atomic mass is 9.85. The number of allylic oxidation sites excluding steroid dienone is 1. The van der Waals surface area contributed by atoms with Crippen LogP contribution in [-0.4, -0.2) is 21.3 Å². The van der Waals surface area contributed by atoms with Crippen LogP contribution < -0.4 is 0 Å². The summed E-state index contributed by atoms with van der Waals surface area (Å²) < 4.78 is 0. The van der Waals surface area contributed by atoms with Crippen LogP contribution in [0.3, 0.4) is 0 Å². The summed E-state index contributed by atoms with van der Waals surface area (Å²) in [7, 11) is 0. The minimum Gasteiger partial charge on any atom is -0.478 e. The van der Waals surface area contributed by atoms with Gasteiger partial charge >= 0.3 is 5.97 Å². The number of rotatable bonds is 7. The lowest BCUT2D eigenvalue weighted by Gasteiger charge is -2.19. The van der Waals surface area contributed by atoms with Crippen LogP contribution in [0, 0.1) is 12.8 Å². The molecule has 0 amide bonds. The highest BCUT2D eigenvalue weighted by molar-refractivity contribution is 7.08. The Balaban J connectivity index is 1.94. The number of aryl methyl sites for hydroxylation is 1. The van der Waals surface area contributed by atoms with Crippen LogP contribution in [-0.2, 0) is 4.79 Å². The Morgan fingerprint density at radius 1 is 1.12 bits per heavy atom. The normalized spacial score (nSPS) is 12.6. The molecule has 0 aliphatic rings. The van der Waals surface area contributed by atoms with Crippen molar-refractivity contribution in [2.24, 2.45) is 5.92 Å². The number of carbonyl (C=O) groups is 1. The number of carboxylic acids is 1. The minimum absolute atomic E-state index is 0.495. The Bertz CT molecular complexity index is 1310. The standard InChI is InChI=1S/C27H26N2O2S/c1-17(2)12-23(24-16-32-15-18(24)3)27(21-9-10-25-22(13-21)14-28-29-25)20-7-4-19(5-8-20)6-11-26(30)31/h4-11,13-17H,12H2,1-3H3,(H,28,29)(H,30,31). The Morgan fingerprint density at radius 3 is 2.53 bits per heavy atom. The molecular weight excluding hydrogens is 416 g/mol. The predicted octanol–water partition coefficient (Wildman–Crippen LogP) is 7.04.